The Hall–Kier alpha value is -1.58. The number of fused-ring (bicyclic) bond motifs is 1. The molecular weight excluding hydrogens is 274 g/mol. The third kappa shape index (κ3) is 1.85. The highest BCUT2D eigenvalue weighted by atomic mass is 35.5. The van der Waals surface area contributed by atoms with Gasteiger partial charge >= 0.3 is 0 Å². The minimum Gasteiger partial charge on any atom is -0.338 e. The zero-order chi connectivity index (χ0) is 12.7. The van der Waals surface area contributed by atoms with Gasteiger partial charge in [-0.3, -0.25) is 0 Å². The molecule has 0 aliphatic heterocycles. The number of nitrogens with one attached hydrogen (secondary N) is 1. The van der Waals surface area contributed by atoms with Gasteiger partial charge in [-0.15, -0.1) is 0 Å². The van der Waals surface area contributed by atoms with Crippen molar-refractivity contribution in [2.45, 2.75) is 0 Å². The van der Waals surface area contributed by atoms with E-state index in [1.807, 2.05) is 0 Å². The number of aromatic amines is 1. The zero-order valence-corrected chi connectivity index (χ0v) is 10.6. The Morgan fingerprint density at radius 1 is 1.11 bits per heavy atom. The molecular formula is C13H7Cl2FN2. The van der Waals surface area contributed by atoms with Crippen LogP contribution >= 0.6 is 23.2 Å². The van der Waals surface area contributed by atoms with Crippen LogP contribution in [0.4, 0.5) is 4.39 Å². The van der Waals surface area contributed by atoms with Crippen LogP contribution in [-0.4, -0.2) is 9.97 Å². The molecule has 0 radical (unpaired) electrons. The molecule has 3 aromatic rings. The molecule has 0 saturated carbocycles. The van der Waals surface area contributed by atoms with Crippen molar-refractivity contribution >= 4 is 34.2 Å². The summed E-state index contributed by atoms with van der Waals surface area (Å²) < 4.78 is 13.4. The molecule has 2 nitrogen and oxygen atoms in total. The normalized spacial score (nSPS) is 11.1. The van der Waals surface area contributed by atoms with Gasteiger partial charge in [-0.05, 0) is 30.3 Å². The summed E-state index contributed by atoms with van der Waals surface area (Å²) in [5.41, 5.74) is 2.08. The van der Waals surface area contributed by atoms with Crippen LogP contribution in [-0.2, 0) is 0 Å². The number of halogens is 3. The number of hydrogen-bond donors (Lipinski definition) is 1. The van der Waals surface area contributed by atoms with Gasteiger partial charge in [-0.2, -0.15) is 0 Å². The largest absolute Gasteiger partial charge is 0.338 e. The number of rotatable bonds is 1. The predicted octanol–water partition coefficient (Wildman–Crippen LogP) is 4.68. The molecule has 0 atom stereocenters. The Morgan fingerprint density at radius 2 is 1.94 bits per heavy atom. The summed E-state index contributed by atoms with van der Waals surface area (Å²) in [5.74, 6) is 0.0596. The molecule has 1 heterocycles. The number of hydrogen-bond acceptors (Lipinski definition) is 1. The van der Waals surface area contributed by atoms with Crippen molar-refractivity contribution in [1.29, 1.82) is 0 Å². The van der Waals surface area contributed by atoms with Crippen molar-refractivity contribution in [3.05, 3.63) is 52.3 Å². The van der Waals surface area contributed by atoms with E-state index in [1.54, 1.807) is 30.3 Å². The highest BCUT2D eigenvalue weighted by molar-refractivity contribution is 6.33. The van der Waals surface area contributed by atoms with Crippen LogP contribution in [0.2, 0.25) is 10.0 Å². The van der Waals surface area contributed by atoms with Crippen LogP contribution < -0.4 is 0 Å². The molecule has 90 valence electrons. The lowest BCUT2D eigenvalue weighted by atomic mass is 10.2. The van der Waals surface area contributed by atoms with Crippen molar-refractivity contribution in [3.8, 4) is 11.4 Å². The minimum absolute atomic E-state index is 0.0580. The molecule has 0 amide bonds. The van der Waals surface area contributed by atoms with Gasteiger partial charge in [0.05, 0.1) is 16.1 Å². The van der Waals surface area contributed by atoms with Crippen molar-refractivity contribution < 1.29 is 4.39 Å². The van der Waals surface area contributed by atoms with Gasteiger partial charge < -0.3 is 4.98 Å². The summed E-state index contributed by atoms with van der Waals surface area (Å²) in [6.07, 6.45) is 0. The highest BCUT2D eigenvalue weighted by Gasteiger charge is 2.11. The van der Waals surface area contributed by atoms with Gasteiger partial charge in [0, 0.05) is 10.6 Å². The topological polar surface area (TPSA) is 28.7 Å². The summed E-state index contributed by atoms with van der Waals surface area (Å²) in [4.78, 5) is 7.43. The number of nitrogens with zero attached hydrogens (tertiary/aromatic N) is 1. The molecule has 3 rings (SSSR count). The van der Waals surface area contributed by atoms with Gasteiger partial charge in [0.25, 0.3) is 0 Å². The molecule has 0 bridgehead atoms. The van der Waals surface area contributed by atoms with Crippen LogP contribution in [0, 0.1) is 5.82 Å². The van der Waals surface area contributed by atoms with Crippen LogP contribution in [0.15, 0.2) is 36.4 Å². The van der Waals surface area contributed by atoms with E-state index < -0.39 is 5.82 Å². The summed E-state index contributed by atoms with van der Waals surface area (Å²) in [7, 11) is 0. The smallest absolute Gasteiger partial charge is 0.142 e. The fourth-order valence-corrected chi connectivity index (χ4v) is 2.18. The Balaban J connectivity index is 2.22. The first kappa shape index (κ1) is 11.5. The summed E-state index contributed by atoms with van der Waals surface area (Å²) in [5, 5.41) is 0.672. The number of imidazole rings is 1. The second kappa shape index (κ2) is 4.26. The molecule has 0 aliphatic rings. The monoisotopic (exact) mass is 280 g/mol. The maximum Gasteiger partial charge on any atom is 0.142 e. The predicted molar refractivity (Wildman–Crippen MR) is 71.5 cm³/mol. The van der Waals surface area contributed by atoms with Gasteiger partial charge in [-0.25, -0.2) is 9.37 Å². The van der Waals surface area contributed by atoms with E-state index in [2.05, 4.69) is 9.97 Å². The van der Waals surface area contributed by atoms with E-state index in [4.69, 9.17) is 23.2 Å². The molecule has 0 spiro atoms. The molecule has 0 unspecified atom stereocenters. The molecule has 18 heavy (non-hydrogen) atoms. The third-order valence-corrected chi connectivity index (χ3v) is 3.27. The van der Waals surface area contributed by atoms with E-state index in [-0.39, 0.29) is 5.02 Å². The second-order valence-corrected chi connectivity index (χ2v) is 4.66. The zero-order valence-electron chi connectivity index (χ0n) is 9.05. The lowest BCUT2D eigenvalue weighted by Crippen LogP contribution is -1.85. The first-order valence-corrected chi connectivity index (χ1v) is 6.00. The standard InChI is InChI=1S/C13H7Cl2FN2/c14-7-4-5-10-11(6-7)18-13(17-10)8-2-1-3-9(16)12(8)15/h1-6H,(H,17,18). The average Bonchev–Trinajstić information content (AvgIpc) is 2.75. The maximum absolute atomic E-state index is 13.4. The van der Waals surface area contributed by atoms with E-state index in [1.165, 1.54) is 6.07 Å². The Labute approximate surface area is 112 Å². The quantitative estimate of drug-likeness (QED) is 0.689. The van der Waals surface area contributed by atoms with Crippen LogP contribution in [0.3, 0.4) is 0 Å². The Kier molecular flexibility index (Phi) is 2.73. The third-order valence-electron chi connectivity index (χ3n) is 2.65. The fraction of sp³-hybridized carbons (Fsp3) is 0. The van der Waals surface area contributed by atoms with E-state index >= 15 is 0 Å². The van der Waals surface area contributed by atoms with Crippen molar-refractivity contribution in [2.75, 3.05) is 0 Å². The minimum atomic E-state index is -0.465. The average molecular weight is 281 g/mol. The van der Waals surface area contributed by atoms with Gasteiger partial charge in [0.2, 0.25) is 0 Å². The molecule has 5 heteroatoms. The van der Waals surface area contributed by atoms with Crippen LogP contribution in [0.25, 0.3) is 22.4 Å². The Morgan fingerprint density at radius 3 is 2.78 bits per heavy atom. The van der Waals surface area contributed by atoms with Crippen LogP contribution in [0.5, 0.6) is 0 Å². The van der Waals surface area contributed by atoms with E-state index in [9.17, 15) is 4.39 Å². The summed E-state index contributed by atoms with van der Waals surface area (Å²) in [6, 6.07) is 9.93. The molecule has 1 N–H and O–H groups in total. The summed E-state index contributed by atoms with van der Waals surface area (Å²) in [6.45, 7) is 0. The lowest BCUT2D eigenvalue weighted by molar-refractivity contribution is 0.628. The van der Waals surface area contributed by atoms with Gasteiger partial charge in [0.1, 0.15) is 11.6 Å². The fourth-order valence-electron chi connectivity index (χ4n) is 1.80. The van der Waals surface area contributed by atoms with Crippen molar-refractivity contribution in [1.82, 2.24) is 9.97 Å². The molecule has 0 fully saturated rings. The first-order valence-electron chi connectivity index (χ1n) is 5.25. The van der Waals surface area contributed by atoms with Crippen LogP contribution in [0.1, 0.15) is 0 Å². The van der Waals surface area contributed by atoms with Crippen molar-refractivity contribution in [3.63, 3.8) is 0 Å². The van der Waals surface area contributed by atoms with E-state index in [0.29, 0.717) is 16.4 Å². The van der Waals surface area contributed by atoms with Crippen molar-refractivity contribution in [2.24, 2.45) is 0 Å². The molecule has 0 saturated heterocycles. The molecule has 1 aromatic heterocycles. The molecule has 0 aliphatic carbocycles. The Bertz CT molecular complexity index is 737. The summed E-state index contributed by atoms with van der Waals surface area (Å²) >= 11 is 11.8. The molecule has 2 aromatic carbocycles. The lowest BCUT2D eigenvalue weighted by Gasteiger charge is -2.00. The number of aromatic nitrogens is 2. The van der Waals surface area contributed by atoms with Gasteiger partial charge in [0.15, 0.2) is 0 Å². The first-order chi connectivity index (χ1) is 8.65. The number of H-pyrrole nitrogens is 1. The second-order valence-electron chi connectivity index (χ2n) is 3.85. The maximum atomic E-state index is 13.4. The van der Waals surface area contributed by atoms with E-state index in [0.717, 1.165) is 11.0 Å². The number of benzene rings is 2. The van der Waals surface area contributed by atoms with Gasteiger partial charge in [-0.1, -0.05) is 29.3 Å². The SMILES string of the molecule is Fc1cccc(-c2nc3ccc(Cl)cc3[nH]2)c1Cl. The highest BCUT2D eigenvalue weighted by Crippen LogP contribution is 2.29.